The molecule has 0 saturated carbocycles. The van der Waals surface area contributed by atoms with Crippen LogP contribution in [0, 0.1) is 20.8 Å². The summed E-state index contributed by atoms with van der Waals surface area (Å²) in [5.41, 5.74) is 8.18. The van der Waals surface area contributed by atoms with Crippen LogP contribution < -0.4 is 14.8 Å². The van der Waals surface area contributed by atoms with Crippen LogP contribution in [-0.2, 0) is 4.79 Å². The van der Waals surface area contributed by atoms with Gasteiger partial charge in [0.15, 0.2) is 0 Å². The molecular weight excluding hydrogens is 426 g/mol. The van der Waals surface area contributed by atoms with Gasteiger partial charge in [-0.05, 0) is 68.7 Å². The fourth-order valence-corrected chi connectivity index (χ4v) is 4.22. The van der Waals surface area contributed by atoms with Crippen LogP contribution in [-0.4, -0.2) is 20.1 Å². The molecule has 1 heterocycles. The minimum Gasteiger partial charge on any atom is -0.496 e. The lowest BCUT2D eigenvalue weighted by molar-refractivity contribution is -0.111. The highest BCUT2D eigenvalue weighted by molar-refractivity contribution is 6.06. The highest BCUT2D eigenvalue weighted by Gasteiger charge is 2.20. The third-order valence-corrected chi connectivity index (χ3v) is 6.19. The van der Waals surface area contributed by atoms with Crippen LogP contribution in [0.4, 0.5) is 5.69 Å². The molecule has 0 aliphatic carbocycles. The fraction of sp³-hybridized carbons (Fsp3) is 0.207. The van der Waals surface area contributed by atoms with E-state index in [9.17, 15) is 4.79 Å². The van der Waals surface area contributed by atoms with Gasteiger partial charge in [0.2, 0.25) is 5.91 Å². The zero-order chi connectivity index (χ0) is 24.4. The van der Waals surface area contributed by atoms with E-state index in [0.29, 0.717) is 5.75 Å². The van der Waals surface area contributed by atoms with Gasteiger partial charge in [-0.2, -0.15) is 0 Å². The summed E-state index contributed by atoms with van der Waals surface area (Å²) in [7, 11) is 3.28. The van der Waals surface area contributed by atoms with E-state index >= 15 is 0 Å². The molecule has 1 aromatic heterocycles. The molecule has 174 valence electrons. The topological polar surface area (TPSA) is 60.7 Å². The minimum absolute atomic E-state index is 0.197. The van der Waals surface area contributed by atoms with Gasteiger partial charge in [-0.15, -0.1) is 0 Å². The van der Waals surface area contributed by atoms with Crippen LogP contribution in [0.3, 0.4) is 0 Å². The van der Waals surface area contributed by atoms with Gasteiger partial charge in [-0.25, -0.2) is 0 Å². The van der Waals surface area contributed by atoms with Crippen molar-refractivity contribution in [1.29, 1.82) is 0 Å². The Morgan fingerprint density at radius 3 is 2.41 bits per heavy atom. The lowest BCUT2D eigenvalue weighted by Crippen LogP contribution is -2.09. The van der Waals surface area contributed by atoms with E-state index in [1.54, 1.807) is 26.6 Å². The van der Waals surface area contributed by atoms with E-state index in [-0.39, 0.29) is 5.91 Å². The molecule has 1 N–H and O–H groups in total. The van der Waals surface area contributed by atoms with E-state index < -0.39 is 0 Å². The Kier molecular flexibility index (Phi) is 6.46. The van der Waals surface area contributed by atoms with Gasteiger partial charge in [0.25, 0.3) is 0 Å². The minimum atomic E-state index is -0.197. The smallest absolute Gasteiger partial charge is 0.248 e. The molecule has 0 fully saturated rings. The summed E-state index contributed by atoms with van der Waals surface area (Å²) in [6.45, 7) is 7.94. The van der Waals surface area contributed by atoms with Gasteiger partial charge < -0.3 is 19.2 Å². The standard InChI is InChI=1S/C29H29NO4/c1-17-11-12-21(13-18(17)2)30-27(31)14-19(3)23-15-24-25(22-9-7-8-10-26(22)32-5)16-34-29(24)20(4)28(23)33-6/h7-16H,1-6H3,(H,30,31)/b19-14+. The monoisotopic (exact) mass is 455 g/mol. The van der Waals surface area contributed by atoms with Gasteiger partial charge in [0.1, 0.15) is 17.1 Å². The van der Waals surface area contributed by atoms with E-state index in [4.69, 9.17) is 13.9 Å². The van der Waals surface area contributed by atoms with Crippen LogP contribution in [0.5, 0.6) is 11.5 Å². The Labute approximate surface area is 200 Å². The van der Waals surface area contributed by atoms with Crippen molar-refractivity contribution in [2.45, 2.75) is 27.7 Å². The van der Waals surface area contributed by atoms with E-state index in [1.165, 1.54) is 5.56 Å². The molecule has 0 spiro atoms. The Morgan fingerprint density at radius 2 is 1.71 bits per heavy atom. The molecule has 0 unspecified atom stereocenters. The Balaban J connectivity index is 1.77. The summed E-state index contributed by atoms with van der Waals surface area (Å²) in [5, 5.41) is 3.89. The molecule has 0 atom stereocenters. The van der Waals surface area contributed by atoms with Crippen molar-refractivity contribution in [2.75, 3.05) is 19.5 Å². The highest BCUT2D eigenvalue weighted by Crippen LogP contribution is 2.42. The summed E-state index contributed by atoms with van der Waals surface area (Å²) in [4.78, 5) is 12.8. The first-order chi connectivity index (χ1) is 16.3. The number of allylic oxidation sites excluding steroid dienone is 1. The normalized spacial score (nSPS) is 11.5. The maximum Gasteiger partial charge on any atom is 0.248 e. The maximum absolute atomic E-state index is 12.8. The van der Waals surface area contributed by atoms with Crippen molar-refractivity contribution in [1.82, 2.24) is 0 Å². The number of carbonyl (C=O) groups excluding carboxylic acids is 1. The van der Waals surface area contributed by atoms with E-state index in [0.717, 1.165) is 55.8 Å². The van der Waals surface area contributed by atoms with Crippen molar-refractivity contribution in [3.05, 3.63) is 83.1 Å². The van der Waals surface area contributed by atoms with Crippen molar-refractivity contribution >= 4 is 28.1 Å². The summed E-state index contributed by atoms with van der Waals surface area (Å²) < 4.78 is 17.3. The molecule has 5 nitrogen and oxygen atoms in total. The number of amides is 1. The number of carbonyl (C=O) groups is 1. The number of para-hydroxylation sites is 1. The maximum atomic E-state index is 12.8. The first-order valence-electron chi connectivity index (χ1n) is 11.1. The quantitative estimate of drug-likeness (QED) is 0.316. The van der Waals surface area contributed by atoms with Crippen LogP contribution in [0.2, 0.25) is 0 Å². The number of hydrogen-bond acceptors (Lipinski definition) is 4. The number of benzene rings is 3. The molecule has 34 heavy (non-hydrogen) atoms. The number of ether oxygens (including phenoxy) is 2. The molecule has 0 radical (unpaired) electrons. The first kappa shape index (κ1) is 23.2. The second-order valence-corrected chi connectivity index (χ2v) is 8.42. The number of hydrogen-bond donors (Lipinski definition) is 1. The molecule has 0 bridgehead atoms. The van der Waals surface area contributed by atoms with Gasteiger partial charge >= 0.3 is 0 Å². The summed E-state index contributed by atoms with van der Waals surface area (Å²) >= 11 is 0. The van der Waals surface area contributed by atoms with Crippen molar-refractivity contribution in [3.63, 3.8) is 0 Å². The lowest BCUT2D eigenvalue weighted by atomic mass is 9.96. The molecule has 1 amide bonds. The number of furan rings is 1. The predicted molar refractivity (Wildman–Crippen MR) is 138 cm³/mol. The molecule has 0 saturated heterocycles. The van der Waals surface area contributed by atoms with Gasteiger partial charge in [0.05, 0.1) is 20.5 Å². The number of fused-ring (bicyclic) bond motifs is 1. The highest BCUT2D eigenvalue weighted by atomic mass is 16.5. The van der Waals surface area contributed by atoms with Crippen LogP contribution in [0.15, 0.2) is 65.3 Å². The number of rotatable bonds is 6. The number of methoxy groups -OCH3 is 2. The second kappa shape index (κ2) is 9.48. The Bertz CT molecular complexity index is 1410. The molecule has 4 aromatic rings. The number of anilines is 1. The van der Waals surface area contributed by atoms with E-state index in [1.807, 2.05) is 76.2 Å². The lowest BCUT2D eigenvalue weighted by Gasteiger charge is -2.14. The third kappa shape index (κ3) is 4.29. The molecule has 0 aliphatic rings. The second-order valence-electron chi connectivity index (χ2n) is 8.42. The first-order valence-corrected chi connectivity index (χ1v) is 11.1. The van der Waals surface area contributed by atoms with Crippen LogP contribution in [0.25, 0.3) is 27.7 Å². The average Bonchev–Trinajstić information content (AvgIpc) is 3.25. The third-order valence-electron chi connectivity index (χ3n) is 6.19. The SMILES string of the molecule is COc1ccccc1-c1coc2c(C)c(OC)c(/C(C)=C/C(=O)Nc3ccc(C)c(C)c3)cc12. The van der Waals surface area contributed by atoms with E-state index in [2.05, 4.69) is 5.32 Å². The molecular formula is C29H29NO4. The number of nitrogens with one attached hydrogen (secondary N) is 1. The number of aryl methyl sites for hydroxylation is 3. The average molecular weight is 456 g/mol. The Morgan fingerprint density at radius 1 is 0.941 bits per heavy atom. The predicted octanol–water partition coefficient (Wildman–Crippen LogP) is 7.08. The van der Waals surface area contributed by atoms with Crippen molar-refractivity contribution in [2.24, 2.45) is 0 Å². The summed E-state index contributed by atoms with van der Waals surface area (Å²) in [6, 6.07) is 15.7. The fourth-order valence-electron chi connectivity index (χ4n) is 4.22. The van der Waals surface area contributed by atoms with Crippen molar-refractivity contribution < 1.29 is 18.7 Å². The molecule has 4 rings (SSSR count). The zero-order valence-corrected chi connectivity index (χ0v) is 20.4. The zero-order valence-electron chi connectivity index (χ0n) is 20.4. The molecule has 3 aromatic carbocycles. The molecule has 5 heteroatoms. The summed E-state index contributed by atoms with van der Waals surface area (Å²) in [6.07, 6.45) is 3.34. The summed E-state index contributed by atoms with van der Waals surface area (Å²) in [5.74, 6) is 1.25. The van der Waals surface area contributed by atoms with Crippen LogP contribution >= 0.6 is 0 Å². The van der Waals surface area contributed by atoms with Crippen molar-refractivity contribution in [3.8, 4) is 22.6 Å². The van der Waals surface area contributed by atoms with Gasteiger partial charge in [-0.1, -0.05) is 24.3 Å². The largest absolute Gasteiger partial charge is 0.496 e. The van der Waals surface area contributed by atoms with Crippen LogP contribution in [0.1, 0.15) is 29.2 Å². The van der Waals surface area contributed by atoms with Gasteiger partial charge in [0, 0.05) is 39.4 Å². The Hall–Kier alpha value is -3.99. The van der Waals surface area contributed by atoms with Gasteiger partial charge in [-0.3, -0.25) is 4.79 Å². The molecule has 0 aliphatic heterocycles.